The second kappa shape index (κ2) is 7.26. The van der Waals surface area contributed by atoms with E-state index in [4.69, 9.17) is 10.5 Å². The number of anilines is 1. The van der Waals surface area contributed by atoms with Gasteiger partial charge in [-0.05, 0) is 18.4 Å². The van der Waals surface area contributed by atoms with Gasteiger partial charge in [-0.25, -0.2) is 0 Å². The summed E-state index contributed by atoms with van der Waals surface area (Å²) in [5.74, 6) is 0.492. The van der Waals surface area contributed by atoms with Crippen LogP contribution in [-0.4, -0.2) is 31.7 Å². The number of benzene rings is 1. The van der Waals surface area contributed by atoms with E-state index in [1.165, 1.54) is 13.2 Å². The van der Waals surface area contributed by atoms with Crippen LogP contribution in [0.25, 0.3) is 0 Å². The monoisotopic (exact) mass is 295 g/mol. The predicted molar refractivity (Wildman–Crippen MR) is 85.0 cm³/mol. The highest BCUT2D eigenvalue weighted by Crippen LogP contribution is 2.30. The summed E-state index contributed by atoms with van der Waals surface area (Å²) in [6.45, 7) is 8.36. The van der Waals surface area contributed by atoms with E-state index in [9.17, 15) is 10.1 Å². The number of non-ortho nitro benzene ring substituents is 1. The number of ether oxygens (including phenoxy) is 1. The molecule has 21 heavy (non-hydrogen) atoms. The molecule has 0 aliphatic heterocycles. The van der Waals surface area contributed by atoms with Crippen molar-refractivity contribution in [2.45, 2.75) is 27.2 Å². The van der Waals surface area contributed by atoms with Crippen LogP contribution in [-0.2, 0) is 0 Å². The van der Waals surface area contributed by atoms with E-state index in [-0.39, 0.29) is 11.1 Å². The summed E-state index contributed by atoms with van der Waals surface area (Å²) in [6.07, 6.45) is 0.950. The molecule has 0 heterocycles. The van der Waals surface area contributed by atoms with E-state index in [0.29, 0.717) is 12.3 Å². The Balaban J connectivity index is 3.17. The van der Waals surface area contributed by atoms with Crippen molar-refractivity contribution in [3.63, 3.8) is 0 Å². The van der Waals surface area contributed by atoms with Gasteiger partial charge < -0.3 is 15.4 Å². The summed E-state index contributed by atoms with van der Waals surface area (Å²) in [4.78, 5) is 12.8. The standard InChI is InChI=1S/C15H25N3O3/c1-5-6-17(11-15(2,3)10-16)12-7-13(18(19)20)9-14(8-12)21-4/h7-9H,5-6,10-11,16H2,1-4H3. The molecule has 0 saturated heterocycles. The van der Waals surface area contributed by atoms with E-state index >= 15 is 0 Å². The molecular formula is C15H25N3O3. The number of methoxy groups -OCH3 is 1. The zero-order valence-electron chi connectivity index (χ0n) is 13.3. The van der Waals surface area contributed by atoms with Crippen LogP contribution in [0.5, 0.6) is 5.75 Å². The van der Waals surface area contributed by atoms with E-state index in [1.54, 1.807) is 6.07 Å². The van der Waals surface area contributed by atoms with Crippen LogP contribution in [0.2, 0.25) is 0 Å². The minimum absolute atomic E-state index is 0.0380. The maximum absolute atomic E-state index is 11.1. The number of nitrogens with two attached hydrogens (primary N) is 1. The van der Waals surface area contributed by atoms with Gasteiger partial charge in [-0.15, -0.1) is 0 Å². The highest BCUT2D eigenvalue weighted by atomic mass is 16.6. The van der Waals surface area contributed by atoms with Gasteiger partial charge in [0.15, 0.2) is 0 Å². The van der Waals surface area contributed by atoms with E-state index in [0.717, 1.165) is 25.2 Å². The van der Waals surface area contributed by atoms with Crippen molar-refractivity contribution in [1.82, 2.24) is 0 Å². The fourth-order valence-corrected chi connectivity index (χ4v) is 2.12. The molecule has 0 spiro atoms. The first-order chi connectivity index (χ1) is 9.82. The van der Waals surface area contributed by atoms with Gasteiger partial charge in [0.1, 0.15) is 5.75 Å². The summed E-state index contributed by atoms with van der Waals surface area (Å²) < 4.78 is 5.17. The van der Waals surface area contributed by atoms with E-state index in [2.05, 4.69) is 25.7 Å². The van der Waals surface area contributed by atoms with E-state index in [1.807, 2.05) is 6.07 Å². The number of nitro benzene ring substituents is 1. The van der Waals surface area contributed by atoms with Gasteiger partial charge in [0.25, 0.3) is 5.69 Å². The lowest BCUT2D eigenvalue weighted by Crippen LogP contribution is -2.39. The molecule has 118 valence electrons. The summed E-state index contributed by atoms with van der Waals surface area (Å²) >= 11 is 0. The highest BCUT2D eigenvalue weighted by Gasteiger charge is 2.22. The van der Waals surface area contributed by atoms with Crippen LogP contribution < -0.4 is 15.4 Å². The van der Waals surface area contributed by atoms with Crippen molar-refractivity contribution in [2.24, 2.45) is 11.1 Å². The Bertz CT molecular complexity index is 489. The largest absolute Gasteiger partial charge is 0.496 e. The Morgan fingerprint density at radius 2 is 2.05 bits per heavy atom. The van der Waals surface area contributed by atoms with Gasteiger partial charge in [-0.3, -0.25) is 10.1 Å². The molecule has 0 aliphatic rings. The van der Waals surface area contributed by atoms with Gasteiger partial charge in [0.2, 0.25) is 0 Å². The van der Waals surface area contributed by atoms with Gasteiger partial charge in [0, 0.05) is 30.9 Å². The minimum atomic E-state index is -0.399. The van der Waals surface area contributed by atoms with Crippen LogP contribution >= 0.6 is 0 Å². The molecule has 1 aromatic carbocycles. The first kappa shape index (κ1) is 17.2. The van der Waals surface area contributed by atoms with Crippen LogP contribution in [0.3, 0.4) is 0 Å². The fourth-order valence-electron chi connectivity index (χ4n) is 2.12. The molecule has 0 bridgehead atoms. The molecule has 0 aromatic heterocycles. The molecule has 0 amide bonds. The van der Waals surface area contributed by atoms with Crippen molar-refractivity contribution in [2.75, 3.05) is 31.6 Å². The van der Waals surface area contributed by atoms with Crippen LogP contribution in [0.4, 0.5) is 11.4 Å². The average molecular weight is 295 g/mol. The third-order valence-electron chi connectivity index (χ3n) is 3.35. The molecule has 2 N–H and O–H groups in total. The highest BCUT2D eigenvalue weighted by molar-refractivity contribution is 5.58. The van der Waals surface area contributed by atoms with Gasteiger partial charge in [0.05, 0.1) is 18.1 Å². The van der Waals surface area contributed by atoms with Crippen molar-refractivity contribution in [1.29, 1.82) is 0 Å². The Labute approximate surface area is 126 Å². The normalized spacial score (nSPS) is 11.3. The molecule has 0 fully saturated rings. The van der Waals surface area contributed by atoms with Gasteiger partial charge >= 0.3 is 0 Å². The SMILES string of the molecule is CCCN(CC(C)(C)CN)c1cc(OC)cc([N+](=O)[O-])c1. The molecule has 6 heteroatoms. The minimum Gasteiger partial charge on any atom is -0.496 e. The smallest absolute Gasteiger partial charge is 0.275 e. The molecule has 1 rings (SSSR count). The number of nitro groups is 1. The molecule has 6 nitrogen and oxygen atoms in total. The number of rotatable bonds is 8. The lowest BCUT2D eigenvalue weighted by Gasteiger charge is -2.33. The number of nitrogens with zero attached hydrogens (tertiary/aromatic N) is 2. The zero-order chi connectivity index (χ0) is 16.0. The lowest BCUT2D eigenvalue weighted by molar-refractivity contribution is -0.384. The average Bonchev–Trinajstić information content (AvgIpc) is 2.46. The topological polar surface area (TPSA) is 81.6 Å². The summed E-state index contributed by atoms with van der Waals surface area (Å²) in [5, 5.41) is 11.1. The first-order valence-corrected chi connectivity index (χ1v) is 7.11. The van der Waals surface area contributed by atoms with Crippen LogP contribution in [0.1, 0.15) is 27.2 Å². The quantitative estimate of drug-likeness (QED) is 0.589. The molecule has 0 radical (unpaired) electrons. The van der Waals surface area contributed by atoms with Crippen LogP contribution in [0.15, 0.2) is 18.2 Å². The maximum atomic E-state index is 11.1. The fraction of sp³-hybridized carbons (Fsp3) is 0.600. The first-order valence-electron chi connectivity index (χ1n) is 7.11. The van der Waals surface area contributed by atoms with Crippen molar-refractivity contribution < 1.29 is 9.66 Å². The molecule has 0 atom stereocenters. The van der Waals surface area contributed by atoms with Crippen molar-refractivity contribution in [3.05, 3.63) is 28.3 Å². The molecule has 0 aliphatic carbocycles. The summed E-state index contributed by atoms with van der Waals surface area (Å²) in [5.41, 5.74) is 6.57. The van der Waals surface area contributed by atoms with Gasteiger partial charge in [-0.2, -0.15) is 0 Å². The van der Waals surface area contributed by atoms with Crippen molar-refractivity contribution in [3.8, 4) is 5.75 Å². The Hall–Kier alpha value is -1.82. The molecule has 0 saturated carbocycles. The lowest BCUT2D eigenvalue weighted by atomic mass is 9.92. The third kappa shape index (κ3) is 4.90. The molecule has 0 unspecified atom stereocenters. The second-order valence-electron chi connectivity index (χ2n) is 5.94. The van der Waals surface area contributed by atoms with Gasteiger partial charge in [-0.1, -0.05) is 20.8 Å². The molecule has 1 aromatic rings. The Morgan fingerprint density at radius 1 is 1.38 bits per heavy atom. The van der Waals surface area contributed by atoms with Crippen LogP contribution in [0, 0.1) is 15.5 Å². The number of hydrogen-bond acceptors (Lipinski definition) is 5. The zero-order valence-corrected chi connectivity index (χ0v) is 13.3. The predicted octanol–water partition coefficient (Wildman–Crippen LogP) is 2.80. The van der Waals surface area contributed by atoms with Crippen molar-refractivity contribution >= 4 is 11.4 Å². The third-order valence-corrected chi connectivity index (χ3v) is 3.35. The summed E-state index contributed by atoms with van der Waals surface area (Å²) in [7, 11) is 1.51. The second-order valence-corrected chi connectivity index (χ2v) is 5.94. The number of hydrogen-bond donors (Lipinski definition) is 1. The Morgan fingerprint density at radius 3 is 2.52 bits per heavy atom. The van der Waals surface area contributed by atoms with E-state index < -0.39 is 4.92 Å². The molecular weight excluding hydrogens is 270 g/mol. The Kier molecular flexibility index (Phi) is 5.96. The maximum Gasteiger partial charge on any atom is 0.275 e. The summed E-state index contributed by atoms with van der Waals surface area (Å²) in [6, 6.07) is 4.85.